The molecule has 7 unspecified atom stereocenters. The summed E-state index contributed by atoms with van der Waals surface area (Å²) in [4.78, 5) is 24.7. The summed E-state index contributed by atoms with van der Waals surface area (Å²) in [5.74, 6) is 0.871. The van der Waals surface area contributed by atoms with Gasteiger partial charge >= 0.3 is 0 Å². The molecule has 0 bridgehead atoms. The van der Waals surface area contributed by atoms with Gasteiger partial charge in [-0.1, -0.05) is 19.9 Å². The predicted molar refractivity (Wildman–Crippen MR) is 97.6 cm³/mol. The SMILES string of the molecule is CC12C=CC(=O)C(C(=O)CO)=C1CCC1C2CCC2(C)C1CC1OCOC12. The van der Waals surface area contributed by atoms with E-state index in [-0.39, 0.29) is 34.4 Å². The van der Waals surface area contributed by atoms with E-state index in [0.29, 0.717) is 24.5 Å². The van der Waals surface area contributed by atoms with E-state index in [0.717, 1.165) is 37.7 Å². The Morgan fingerprint density at radius 1 is 1.26 bits per heavy atom. The normalized spacial score (nSPS) is 48.1. The number of aliphatic hydroxyl groups is 1. The van der Waals surface area contributed by atoms with Crippen LogP contribution in [-0.2, 0) is 19.1 Å². The van der Waals surface area contributed by atoms with E-state index in [1.807, 2.05) is 6.08 Å². The van der Waals surface area contributed by atoms with Crippen LogP contribution in [0, 0.1) is 28.6 Å². The zero-order valence-corrected chi connectivity index (χ0v) is 16.1. The fraction of sp³-hybridized carbons (Fsp3) is 0.727. The quantitative estimate of drug-likeness (QED) is 0.754. The van der Waals surface area contributed by atoms with Crippen LogP contribution in [0.5, 0.6) is 0 Å². The summed E-state index contributed by atoms with van der Waals surface area (Å²) >= 11 is 0. The zero-order valence-electron chi connectivity index (χ0n) is 16.1. The lowest BCUT2D eigenvalue weighted by molar-refractivity contribution is -0.122. The molecule has 27 heavy (non-hydrogen) atoms. The fourth-order valence-corrected chi connectivity index (χ4v) is 7.32. The maximum atomic E-state index is 12.4. The van der Waals surface area contributed by atoms with Crippen molar-refractivity contribution in [1.82, 2.24) is 0 Å². The van der Waals surface area contributed by atoms with Crippen LogP contribution in [0.2, 0.25) is 0 Å². The number of rotatable bonds is 2. The second kappa shape index (κ2) is 5.85. The lowest BCUT2D eigenvalue weighted by Gasteiger charge is -2.57. The number of aliphatic hydroxyl groups excluding tert-OH is 1. The van der Waals surface area contributed by atoms with Gasteiger partial charge in [0.1, 0.15) is 13.4 Å². The molecular weight excluding hydrogens is 344 g/mol. The summed E-state index contributed by atoms with van der Waals surface area (Å²) in [5, 5.41) is 9.37. The second-order valence-corrected chi connectivity index (χ2v) is 9.52. The molecule has 4 fully saturated rings. The monoisotopic (exact) mass is 372 g/mol. The third-order valence-electron chi connectivity index (χ3n) is 8.58. The molecule has 1 aliphatic heterocycles. The Kier molecular flexibility index (Phi) is 3.85. The van der Waals surface area contributed by atoms with Crippen molar-refractivity contribution in [2.45, 2.75) is 58.2 Å². The standard InChI is InChI=1S/C22H28O5/c1-21-8-6-16(24)19(17(25)10-23)14(21)4-3-12-13(21)5-7-22(2)15(12)9-18-20(22)27-11-26-18/h6,8,12-13,15,18,20,23H,3-5,7,9-11H2,1-2H3. The minimum atomic E-state index is -0.596. The Morgan fingerprint density at radius 3 is 2.85 bits per heavy atom. The molecule has 0 spiro atoms. The van der Waals surface area contributed by atoms with Crippen LogP contribution < -0.4 is 0 Å². The van der Waals surface area contributed by atoms with Gasteiger partial charge in [-0.25, -0.2) is 0 Å². The fourth-order valence-electron chi connectivity index (χ4n) is 7.32. The molecule has 4 aliphatic carbocycles. The van der Waals surface area contributed by atoms with Gasteiger partial charge in [0, 0.05) is 5.41 Å². The molecule has 5 aliphatic rings. The van der Waals surface area contributed by atoms with Gasteiger partial charge in [0.2, 0.25) is 0 Å². The Labute approximate surface area is 159 Å². The van der Waals surface area contributed by atoms with Gasteiger partial charge in [-0.05, 0) is 66.9 Å². The molecule has 0 aromatic rings. The number of ketones is 2. The van der Waals surface area contributed by atoms with Gasteiger partial charge in [-0.2, -0.15) is 0 Å². The first-order valence-corrected chi connectivity index (χ1v) is 10.2. The van der Waals surface area contributed by atoms with Gasteiger partial charge in [0.05, 0.1) is 17.8 Å². The van der Waals surface area contributed by atoms with Gasteiger partial charge < -0.3 is 14.6 Å². The molecule has 5 heteroatoms. The molecular formula is C22H28O5. The van der Waals surface area contributed by atoms with Crippen molar-refractivity contribution in [3.05, 3.63) is 23.3 Å². The van der Waals surface area contributed by atoms with Crippen molar-refractivity contribution < 1.29 is 24.2 Å². The Bertz CT molecular complexity index is 767. The van der Waals surface area contributed by atoms with Gasteiger partial charge in [-0.15, -0.1) is 0 Å². The van der Waals surface area contributed by atoms with Gasteiger partial charge in [-0.3, -0.25) is 9.59 Å². The molecule has 0 radical (unpaired) electrons. The summed E-state index contributed by atoms with van der Waals surface area (Å²) in [7, 11) is 0. The van der Waals surface area contributed by atoms with E-state index in [1.165, 1.54) is 0 Å². The first-order chi connectivity index (χ1) is 12.9. The van der Waals surface area contributed by atoms with Gasteiger partial charge in [0.15, 0.2) is 11.6 Å². The summed E-state index contributed by atoms with van der Waals surface area (Å²) in [6.45, 7) is 4.40. The first kappa shape index (κ1) is 17.8. The molecule has 146 valence electrons. The average molecular weight is 372 g/mol. The van der Waals surface area contributed by atoms with Crippen LogP contribution in [0.3, 0.4) is 0 Å². The van der Waals surface area contributed by atoms with Crippen molar-refractivity contribution in [2.75, 3.05) is 13.4 Å². The minimum Gasteiger partial charge on any atom is -0.388 e. The van der Waals surface area contributed by atoms with Crippen molar-refractivity contribution in [3.8, 4) is 0 Å². The van der Waals surface area contributed by atoms with Crippen LogP contribution in [0.1, 0.15) is 46.0 Å². The highest BCUT2D eigenvalue weighted by Gasteiger charge is 2.63. The molecule has 5 nitrogen and oxygen atoms in total. The average Bonchev–Trinajstić information content (AvgIpc) is 3.22. The smallest absolute Gasteiger partial charge is 0.192 e. The topological polar surface area (TPSA) is 72.8 Å². The van der Waals surface area contributed by atoms with Crippen LogP contribution >= 0.6 is 0 Å². The van der Waals surface area contributed by atoms with Crippen molar-refractivity contribution >= 4 is 11.6 Å². The number of ether oxygens (including phenoxy) is 2. The van der Waals surface area contributed by atoms with Crippen LogP contribution in [0.4, 0.5) is 0 Å². The van der Waals surface area contributed by atoms with Crippen molar-refractivity contribution in [1.29, 1.82) is 0 Å². The molecule has 1 saturated heterocycles. The summed E-state index contributed by atoms with van der Waals surface area (Å²) in [6.07, 6.45) is 9.03. The highest BCUT2D eigenvalue weighted by Crippen LogP contribution is 2.66. The molecule has 0 aromatic carbocycles. The lowest BCUT2D eigenvalue weighted by atomic mass is 9.48. The third-order valence-corrected chi connectivity index (χ3v) is 8.58. The number of allylic oxidation sites excluding steroid dienone is 3. The maximum Gasteiger partial charge on any atom is 0.192 e. The van der Waals surface area contributed by atoms with E-state index in [9.17, 15) is 14.7 Å². The third kappa shape index (κ3) is 2.22. The van der Waals surface area contributed by atoms with Crippen molar-refractivity contribution in [3.63, 3.8) is 0 Å². The van der Waals surface area contributed by atoms with E-state index >= 15 is 0 Å². The minimum absolute atomic E-state index is 0.165. The second-order valence-electron chi connectivity index (χ2n) is 9.52. The van der Waals surface area contributed by atoms with Crippen molar-refractivity contribution in [2.24, 2.45) is 28.6 Å². The summed E-state index contributed by atoms with van der Waals surface area (Å²) < 4.78 is 11.8. The predicted octanol–water partition coefficient (Wildman–Crippen LogP) is 2.58. The van der Waals surface area contributed by atoms with E-state index in [1.54, 1.807) is 6.08 Å². The summed E-state index contributed by atoms with van der Waals surface area (Å²) in [5.41, 5.74) is 1.11. The van der Waals surface area contributed by atoms with E-state index in [2.05, 4.69) is 13.8 Å². The number of hydrogen-bond acceptors (Lipinski definition) is 5. The molecule has 5 rings (SSSR count). The van der Waals surface area contributed by atoms with Crippen LogP contribution in [0.25, 0.3) is 0 Å². The van der Waals surface area contributed by atoms with E-state index < -0.39 is 12.4 Å². The first-order valence-electron chi connectivity index (χ1n) is 10.2. The van der Waals surface area contributed by atoms with Crippen LogP contribution in [-0.4, -0.2) is 42.3 Å². The van der Waals surface area contributed by atoms with Gasteiger partial charge in [0.25, 0.3) is 0 Å². The molecule has 7 atom stereocenters. The molecule has 1 N–H and O–H groups in total. The number of carbonyl (C=O) groups excluding carboxylic acids is 2. The number of Topliss-reactive ketones (excluding diaryl/α,β-unsaturated/α-hetero) is 1. The Balaban J connectivity index is 1.53. The highest BCUT2D eigenvalue weighted by atomic mass is 16.7. The number of fused-ring (bicyclic) bond motifs is 7. The maximum absolute atomic E-state index is 12.4. The van der Waals surface area contributed by atoms with Crippen LogP contribution in [0.15, 0.2) is 23.3 Å². The largest absolute Gasteiger partial charge is 0.388 e. The van der Waals surface area contributed by atoms with E-state index in [4.69, 9.17) is 9.47 Å². The molecule has 0 aromatic heterocycles. The zero-order chi connectivity index (χ0) is 19.0. The molecule has 3 saturated carbocycles. The Hall–Kier alpha value is -1.30. The number of carbonyl (C=O) groups is 2. The lowest BCUT2D eigenvalue weighted by Crippen LogP contribution is -2.51. The number of hydrogen-bond donors (Lipinski definition) is 1. The molecule has 0 amide bonds. The highest BCUT2D eigenvalue weighted by molar-refractivity contribution is 6.25. The molecule has 1 heterocycles. The Morgan fingerprint density at radius 2 is 2.07 bits per heavy atom. The summed E-state index contributed by atoms with van der Waals surface area (Å²) in [6, 6.07) is 0.